The van der Waals surface area contributed by atoms with Crippen LogP contribution in [-0.2, 0) is 4.74 Å². The van der Waals surface area contributed by atoms with Gasteiger partial charge in [-0.05, 0) is 48.8 Å². The van der Waals surface area contributed by atoms with Crippen LogP contribution >= 0.6 is 11.6 Å². The molecule has 1 aliphatic heterocycles. The summed E-state index contributed by atoms with van der Waals surface area (Å²) in [4.78, 5) is 0. The molecule has 1 heterocycles. The number of nitrogens with one attached hydrogen (secondary N) is 1. The van der Waals surface area contributed by atoms with Crippen LogP contribution in [0.15, 0.2) is 24.3 Å². The second-order valence-corrected chi connectivity index (χ2v) is 6.54. The molecule has 1 aliphatic rings. The van der Waals surface area contributed by atoms with Crippen molar-refractivity contribution in [2.75, 3.05) is 19.8 Å². The molecule has 0 spiro atoms. The number of halogens is 1. The van der Waals surface area contributed by atoms with Gasteiger partial charge in [0.25, 0.3) is 0 Å². The Labute approximate surface area is 127 Å². The Morgan fingerprint density at radius 3 is 2.45 bits per heavy atom. The minimum atomic E-state index is 0.527. The summed E-state index contributed by atoms with van der Waals surface area (Å²) in [6.45, 7) is 7.29. The number of benzene rings is 1. The molecule has 1 aromatic carbocycles. The van der Waals surface area contributed by atoms with Gasteiger partial charge in [0.1, 0.15) is 0 Å². The van der Waals surface area contributed by atoms with Crippen molar-refractivity contribution in [1.82, 2.24) is 5.32 Å². The summed E-state index contributed by atoms with van der Waals surface area (Å²) in [6, 6.07) is 8.88. The van der Waals surface area contributed by atoms with Crippen LogP contribution in [0.4, 0.5) is 0 Å². The highest BCUT2D eigenvalue weighted by Gasteiger charge is 2.20. The molecule has 1 aromatic rings. The van der Waals surface area contributed by atoms with Crippen molar-refractivity contribution in [1.29, 1.82) is 0 Å². The lowest BCUT2D eigenvalue weighted by atomic mass is 9.85. The smallest absolute Gasteiger partial charge is 0.0468 e. The van der Waals surface area contributed by atoms with E-state index in [0.717, 1.165) is 30.7 Å². The van der Waals surface area contributed by atoms with Crippen molar-refractivity contribution in [3.63, 3.8) is 0 Å². The first-order chi connectivity index (χ1) is 9.65. The Morgan fingerprint density at radius 1 is 1.20 bits per heavy atom. The fourth-order valence-corrected chi connectivity index (χ4v) is 2.96. The molecule has 2 rings (SSSR count). The summed E-state index contributed by atoms with van der Waals surface area (Å²) in [5.41, 5.74) is 1.40. The van der Waals surface area contributed by atoms with E-state index in [4.69, 9.17) is 16.3 Å². The molecule has 1 fully saturated rings. The summed E-state index contributed by atoms with van der Waals surface area (Å²) < 4.78 is 5.47. The maximum atomic E-state index is 6.00. The van der Waals surface area contributed by atoms with Crippen molar-refractivity contribution >= 4 is 11.6 Å². The van der Waals surface area contributed by atoms with Gasteiger partial charge in [0.2, 0.25) is 0 Å². The molecule has 1 saturated heterocycles. The van der Waals surface area contributed by atoms with Crippen molar-refractivity contribution in [2.24, 2.45) is 5.92 Å². The number of hydrogen-bond acceptors (Lipinski definition) is 2. The van der Waals surface area contributed by atoms with E-state index in [1.54, 1.807) is 0 Å². The fraction of sp³-hybridized carbons (Fsp3) is 0.647. The quantitative estimate of drug-likeness (QED) is 0.847. The highest BCUT2D eigenvalue weighted by Crippen LogP contribution is 2.29. The highest BCUT2D eigenvalue weighted by molar-refractivity contribution is 6.30. The number of rotatable bonds is 6. The molecule has 0 bridgehead atoms. The highest BCUT2D eigenvalue weighted by atomic mass is 35.5. The third-order valence-electron chi connectivity index (χ3n) is 4.07. The van der Waals surface area contributed by atoms with Gasteiger partial charge in [0, 0.05) is 30.8 Å². The van der Waals surface area contributed by atoms with Gasteiger partial charge in [0.05, 0.1) is 0 Å². The summed E-state index contributed by atoms with van der Waals surface area (Å²) >= 11 is 6.00. The predicted molar refractivity (Wildman–Crippen MR) is 85.5 cm³/mol. The maximum absolute atomic E-state index is 6.00. The zero-order valence-corrected chi connectivity index (χ0v) is 13.3. The Morgan fingerprint density at radius 2 is 1.85 bits per heavy atom. The molecule has 20 heavy (non-hydrogen) atoms. The van der Waals surface area contributed by atoms with E-state index in [1.807, 2.05) is 12.1 Å². The summed E-state index contributed by atoms with van der Waals surface area (Å²) in [7, 11) is 0. The maximum Gasteiger partial charge on any atom is 0.0468 e. The van der Waals surface area contributed by atoms with E-state index in [9.17, 15) is 0 Å². The van der Waals surface area contributed by atoms with Crippen LogP contribution in [0.5, 0.6) is 0 Å². The normalized spacial score (nSPS) is 18.4. The zero-order chi connectivity index (χ0) is 14.4. The first-order valence-corrected chi connectivity index (χ1v) is 8.09. The van der Waals surface area contributed by atoms with Crippen LogP contribution in [0.1, 0.15) is 44.6 Å². The Hall–Kier alpha value is -0.570. The van der Waals surface area contributed by atoms with Crippen LogP contribution in [0, 0.1) is 5.92 Å². The summed E-state index contributed by atoms with van der Waals surface area (Å²) in [5.74, 6) is 1.36. The molecular formula is C17H26ClNO. The number of ether oxygens (including phenoxy) is 1. The van der Waals surface area contributed by atoms with Gasteiger partial charge in [-0.3, -0.25) is 0 Å². The predicted octanol–water partition coefficient (Wildman–Crippen LogP) is 4.24. The van der Waals surface area contributed by atoms with Gasteiger partial charge >= 0.3 is 0 Å². The van der Waals surface area contributed by atoms with E-state index in [-0.39, 0.29) is 0 Å². The Kier molecular flexibility index (Phi) is 6.34. The average Bonchev–Trinajstić information content (AvgIpc) is 2.45. The van der Waals surface area contributed by atoms with E-state index in [0.29, 0.717) is 12.0 Å². The largest absolute Gasteiger partial charge is 0.381 e. The molecule has 1 unspecified atom stereocenters. The van der Waals surface area contributed by atoms with Gasteiger partial charge < -0.3 is 10.1 Å². The van der Waals surface area contributed by atoms with Crippen molar-refractivity contribution in [3.05, 3.63) is 34.9 Å². The lowest BCUT2D eigenvalue weighted by Crippen LogP contribution is -2.30. The first kappa shape index (κ1) is 15.8. The standard InChI is InChI=1S/C17H26ClNO/c1-13(2)19-12-16(11-14-7-9-20-10-8-14)15-3-5-17(18)6-4-15/h3-6,13-14,16,19H,7-12H2,1-2H3. The SMILES string of the molecule is CC(C)NCC(CC1CCOCC1)c1ccc(Cl)cc1. The molecular weight excluding hydrogens is 270 g/mol. The summed E-state index contributed by atoms with van der Waals surface area (Å²) in [5, 5.41) is 4.40. The van der Waals surface area contributed by atoms with Crippen molar-refractivity contribution < 1.29 is 4.74 Å². The molecule has 0 radical (unpaired) electrons. The van der Waals surface area contributed by atoms with Crippen LogP contribution in [0.3, 0.4) is 0 Å². The Bertz CT molecular complexity index is 384. The van der Waals surface area contributed by atoms with Crippen LogP contribution < -0.4 is 5.32 Å². The molecule has 2 nitrogen and oxygen atoms in total. The molecule has 0 aromatic heterocycles. The van der Waals surface area contributed by atoms with Crippen LogP contribution in [0.25, 0.3) is 0 Å². The second-order valence-electron chi connectivity index (χ2n) is 6.10. The fourth-order valence-electron chi connectivity index (χ4n) is 2.83. The third-order valence-corrected chi connectivity index (χ3v) is 4.32. The van der Waals surface area contributed by atoms with Gasteiger partial charge in [-0.2, -0.15) is 0 Å². The van der Waals surface area contributed by atoms with E-state index >= 15 is 0 Å². The zero-order valence-electron chi connectivity index (χ0n) is 12.6. The first-order valence-electron chi connectivity index (χ1n) is 7.71. The molecule has 0 saturated carbocycles. The minimum absolute atomic E-state index is 0.527. The van der Waals surface area contributed by atoms with Crippen LogP contribution in [-0.4, -0.2) is 25.8 Å². The number of hydrogen-bond donors (Lipinski definition) is 1. The van der Waals surface area contributed by atoms with E-state index < -0.39 is 0 Å². The molecule has 1 N–H and O–H groups in total. The minimum Gasteiger partial charge on any atom is -0.381 e. The van der Waals surface area contributed by atoms with Gasteiger partial charge in [-0.15, -0.1) is 0 Å². The van der Waals surface area contributed by atoms with Crippen LogP contribution in [0.2, 0.25) is 5.02 Å². The van der Waals surface area contributed by atoms with Gasteiger partial charge in [0.15, 0.2) is 0 Å². The monoisotopic (exact) mass is 295 g/mol. The summed E-state index contributed by atoms with van der Waals surface area (Å²) in [6.07, 6.45) is 3.64. The van der Waals surface area contributed by atoms with Gasteiger partial charge in [-0.1, -0.05) is 37.6 Å². The topological polar surface area (TPSA) is 21.3 Å². The molecule has 0 amide bonds. The van der Waals surface area contributed by atoms with E-state index in [1.165, 1.54) is 24.8 Å². The molecule has 0 aliphatic carbocycles. The average molecular weight is 296 g/mol. The lowest BCUT2D eigenvalue weighted by Gasteiger charge is -2.28. The Balaban J connectivity index is 2.00. The second kappa shape index (κ2) is 8.02. The third kappa shape index (κ3) is 5.08. The van der Waals surface area contributed by atoms with Crippen molar-refractivity contribution in [3.8, 4) is 0 Å². The molecule has 3 heteroatoms. The van der Waals surface area contributed by atoms with E-state index in [2.05, 4.69) is 31.3 Å². The molecule has 112 valence electrons. The molecule has 1 atom stereocenters. The van der Waals surface area contributed by atoms with Gasteiger partial charge in [-0.25, -0.2) is 0 Å². The lowest BCUT2D eigenvalue weighted by molar-refractivity contribution is 0.0616. The van der Waals surface area contributed by atoms with Crippen molar-refractivity contribution in [2.45, 2.75) is 45.1 Å².